The van der Waals surface area contributed by atoms with E-state index in [1.807, 2.05) is 48.1 Å². The minimum atomic E-state index is -0.0853. The van der Waals surface area contributed by atoms with Crippen LogP contribution in [0, 0.1) is 11.3 Å². The zero-order chi connectivity index (χ0) is 12.1. The van der Waals surface area contributed by atoms with E-state index in [1.165, 1.54) is 0 Å². The molecule has 0 aliphatic heterocycles. The summed E-state index contributed by atoms with van der Waals surface area (Å²) in [7, 11) is 1.96. The Balaban J connectivity index is 2.03. The van der Waals surface area contributed by atoms with Gasteiger partial charge in [-0.25, -0.2) is 4.98 Å². The van der Waals surface area contributed by atoms with Gasteiger partial charge in [-0.1, -0.05) is 42.1 Å². The second-order valence-corrected chi connectivity index (χ2v) is 4.71. The maximum absolute atomic E-state index is 9.19. The van der Waals surface area contributed by atoms with E-state index in [9.17, 15) is 5.26 Å². The van der Waals surface area contributed by atoms with Crippen LogP contribution in [0.4, 0.5) is 0 Å². The van der Waals surface area contributed by atoms with Gasteiger partial charge in [-0.2, -0.15) is 5.26 Å². The van der Waals surface area contributed by atoms with Crippen LogP contribution in [0.2, 0.25) is 0 Å². The lowest BCUT2D eigenvalue weighted by molar-refractivity contribution is 0.788. The molecule has 17 heavy (non-hydrogen) atoms. The van der Waals surface area contributed by atoms with Crippen LogP contribution in [0.1, 0.15) is 11.5 Å². The molecule has 86 valence electrons. The SMILES string of the molecule is Cn1ccnc1SCC(C#N)c1ccccc1. The Morgan fingerprint density at radius 3 is 2.76 bits per heavy atom. The summed E-state index contributed by atoms with van der Waals surface area (Å²) >= 11 is 1.61. The number of benzene rings is 1. The molecule has 1 atom stereocenters. The van der Waals surface area contributed by atoms with E-state index >= 15 is 0 Å². The number of aromatic nitrogens is 2. The summed E-state index contributed by atoms with van der Waals surface area (Å²) in [5.41, 5.74) is 1.07. The lowest BCUT2D eigenvalue weighted by atomic mass is 10.0. The summed E-state index contributed by atoms with van der Waals surface area (Å²) in [4.78, 5) is 4.23. The monoisotopic (exact) mass is 243 g/mol. The molecule has 0 saturated heterocycles. The van der Waals surface area contributed by atoms with Crippen molar-refractivity contribution in [3.05, 3.63) is 48.3 Å². The van der Waals surface area contributed by atoms with E-state index < -0.39 is 0 Å². The Bertz CT molecular complexity index is 513. The van der Waals surface area contributed by atoms with Crippen molar-refractivity contribution < 1.29 is 0 Å². The average Bonchev–Trinajstić information content (AvgIpc) is 2.77. The quantitative estimate of drug-likeness (QED) is 0.775. The lowest BCUT2D eigenvalue weighted by Gasteiger charge is -2.08. The first-order chi connectivity index (χ1) is 8.31. The number of nitrogens with zero attached hydrogens (tertiary/aromatic N) is 3. The van der Waals surface area contributed by atoms with Crippen molar-refractivity contribution in [2.45, 2.75) is 11.1 Å². The zero-order valence-electron chi connectivity index (χ0n) is 9.58. The Labute approximate surface area is 105 Å². The zero-order valence-corrected chi connectivity index (χ0v) is 10.4. The number of hydrogen-bond acceptors (Lipinski definition) is 3. The standard InChI is InChI=1S/C13H13N3S/c1-16-8-7-15-13(16)17-10-12(9-14)11-5-3-2-4-6-11/h2-8,12H,10H2,1H3. The van der Waals surface area contributed by atoms with Gasteiger partial charge in [0, 0.05) is 25.2 Å². The van der Waals surface area contributed by atoms with Crippen LogP contribution in [-0.2, 0) is 7.05 Å². The number of hydrogen-bond donors (Lipinski definition) is 0. The van der Waals surface area contributed by atoms with E-state index in [2.05, 4.69) is 11.1 Å². The van der Waals surface area contributed by atoms with E-state index in [0.717, 1.165) is 16.5 Å². The molecule has 0 saturated carbocycles. The fraction of sp³-hybridized carbons (Fsp3) is 0.231. The molecule has 3 nitrogen and oxygen atoms in total. The molecule has 0 bridgehead atoms. The van der Waals surface area contributed by atoms with Gasteiger partial charge < -0.3 is 4.57 Å². The largest absolute Gasteiger partial charge is 0.329 e. The normalized spacial score (nSPS) is 12.0. The fourth-order valence-electron chi connectivity index (χ4n) is 1.54. The van der Waals surface area contributed by atoms with Gasteiger partial charge in [-0.3, -0.25) is 0 Å². The van der Waals surface area contributed by atoms with Crippen molar-refractivity contribution in [1.29, 1.82) is 5.26 Å². The van der Waals surface area contributed by atoms with Crippen LogP contribution < -0.4 is 0 Å². The fourth-order valence-corrected chi connectivity index (χ4v) is 2.52. The number of rotatable bonds is 4. The highest BCUT2D eigenvalue weighted by atomic mass is 32.2. The van der Waals surface area contributed by atoms with Gasteiger partial charge in [0.2, 0.25) is 0 Å². The van der Waals surface area contributed by atoms with Gasteiger partial charge in [0.1, 0.15) is 0 Å². The Hall–Kier alpha value is -1.73. The minimum Gasteiger partial charge on any atom is -0.329 e. The second kappa shape index (κ2) is 5.55. The van der Waals surface area contributed by atoms with Crippen molar-refractivity contribution in [2.24, 2.45) is 7.05 Å². The molecule has 1 aromatic heterocycles. The first-order valence-corrected chi connectivity index (χ1v) is 6.34. The second-order valence-electron chi connectivity index (χ2n) is 3.72. The highest BCUT2D eigenvalue weighted by molar-refractivity contribution is 7.99. The molecule has 0 N–H and O–H groups in total. The molecular weight excluding hydrogens is 230 g/mol. The molecular formula is C13H13N3S. The minimum absolute atomic E-state index is 0.0853. The summed E-state index contributed by atoms with van der Waals surface area (Å²) < 4.78 is 1.96. The van der Waals surface area contributed by atoms with Gasteiger partial charge in [0.15, 0.2) is 5.16 Å². The molecule has 0 fully saturated rings. The third-order valence-corrected chi connectivity index (χ3v) is 3.67. The molecule has 2 rings (SSSR count). The molecule has 1 aromatic carbocycles. The first kappa shape index (κ1) is 11.7. The smallest absolute Gasteiger partial charge is 0.167 e. The topological polar surface area (TPSA) is 41.6 Å². The predicted molar refractivity (Wildman–Crippen MR) is 68.7 cm³/mol. The van der Waals surface area contributed by atoms with E-state index in [1.54, 1.807) is 18.0 Å². The molecule has 2 aromatic rings. The van der Waals surface area contributed by atoms with E-state index in [0.29, 0.717) is 0 Å². The summed E-state index contributed by atoms with van der Waals surface area (Å²) in [6, 6.07) is 12.2. The van der Waals surface area contributed by atoms with Crippen LogP contribution in [0.5, 0.6) is 0 Å². The molecule has 1 heterocycles. The molecule has 0 radical (unpaired) electrons. The summed E-state index contributed by atoms with van der Waals surface area (Å²) in [5.74, 6) is 0.642. The lowest BCUT2D eigenvalue weighted by Crippen LogP contribution is -2.00. The van der Waals surface area contributed by atoms with Crippen LogP contribution in [-0.4, -0.2) is 15.3 Å². The van der Waals surface area contributed by atoms with Crippen molar-refractivity contribution in [1.82, 2.24) is 9.55 Å². The van der Waals surface area contributed by atoms with Crippen molar-refractivity contribution >= 4 is 11.8 Å². The highest BCUT2D eigenvalue weighted by Crippen LogP contribution is 2.24. The van der Waals surface area contributed by atoms with Gasteiger partial charge >= 0.3 is 0 Å². The van der Waals surface area contributed by atoms with Crippen molar-refractivity contribution in [2.75, 3.05) is 5.75 Å². The van der Waals surface area contributed by atoms with Crippen LogP contribution >= 0.6 is 11.8 Å². The Morgan fingerprint density at radius 1 is 1.41 bits per heavy atom. The van der Waals surface area contributed by atoms with Crippen molar-refractivity contribution in [3.8, 4) is 6.07 Å². The Kier molecular flexibility index (Phi) is 3.84. The first-order valence-electron chi connectivity index (χ1n) is 5.36. The summed E-state index contributed by atoms with van der Waals surface area (Å²) in [6.07, 6.45) is 3.68. The van der Waals surface area contributed by atoms with Gasteiger partial charge in [0.05, 0.1) is 12.0 Å². The molecule has 0 aliphatic carbocycles. The maximum atomic E-state index is 9.19. The molecule has 1 unspecified atom stereocenters. The van der Waals surface area contributed by atoms with Crippen molar-refractivity contribution in [3.63, 3.8) is 0 Å². The average molecular weight is 243 g/mol. The number of nitriles is 1. The number of imidazole rings is 1. The van der Waals surface area contributed by atoms with Crippen LogP contribution in [0.25, 0.3) is 0 Å². The van der Waals surface area contributed by atoms with Crippen LogP contribution in [0.15, 0.2) is 47.9 Å². The van der Waals surface area contributed by atoms with Gasteiger partial charge in [-0.15, -0.1) is 0 Å². The molecule has 0 spiro atoms. The number of aryl methyl sites for hydroxylation is 1. The van der Waals surface area contributed by atoms with E-state index in [4.69, 9.17) is 0 Å². The third-order valence-electron chi connectivity index (χ3n) is 2.51. The maximum Gasteiger partial charge on any atom is 0.167 e. The van der Waals surface area contributed by atoms with Crippen LogP contribution in [0.3, 0.4) is 0 Å². The third kappa shape index (κ3) is 2.89. The van der Waals surface area contributed by atoms with Gasteiger partial charge in [0.25, 0.3) is 0 Å². The Morgan fingerprint density at radius 2 is 2.18 bits per heavy atom. The van der Waals surface area contributed by atoms with E-state index in [-0.39, 0.29) is 5.92 Å². The molecule has 0 aliphatic rings. The molecule has 4 heteroatoms. The predicted octanol–water partition coefficient (Wildman–Crippen LogP) is 2.82. The highest BCUT2D eigenvalue weighted by Gasteiger charge is 2.11. The summed E-state index contributed by atoms with van der Waals surface area (Å²) in [5, 5.41) is 10.1. The molecule has 0 amide bonds. The summed E-state index contributed by atoms with van der Waals surface area (Å²) in [6.45, 7) is 0. The number of thioether (sulfide) groups is 1. The van der Waals surface area contributed by atoms with Gasteiger partial charge in [-0.05, 0) is 5.56 Å².